The van der Waals surface area contributed by atoms with Gasteiger partial charge in [0.1, 0.15) is 0 Å². The van der Waals surface area contributed by atoms with Gasteiger partial charge in [0.15, 0.2) is 0 Å². The molecule has 18 heavy (non-hydrogen) atoms. The first-order chi connectivity index (χ1) is 8.73. The Morgan fingerprint density at radius 1 is 1.06 bits per heavy atom. The third kappa shape index (κ3) is 3.69. The molecule has 1 saturated heterocycles. The van der Waals surface area contributed by atoms with Crippen molar-refractivity contribution in [1.82, 2.24) is 10.2 Å². The molecular weight excluding hydrogens is 224 g/mol. The van der Waals surface area contributed by atoms with Crippen LogP contribution in [0.4, 0.5) is 0 Å². The van der Waals surface area contributed by atoms with Crippen LogP contribution >= 0.6 is 0 Å². The summed E-state index contributed by atoms with van der Waals surface area (Å²) in [6, 6.07) is 0.672. The monoisotopic (exact) mass is 254 g/mol. The Morgan fingerprint density at radius 2 is 1.83 bits per heavy atom. The smallest absolute Gasteiger partial charge is 0.0480 e. The Balaban J connectivity index is 1.84. The van der Waals surface area contributed by atoms with E-state index in [9.17, 15) is 0 Å². The molecule has 0 spiro atoms. The van der Waals surface area contributed by atoms with E-state index in [0.29, 0.717) is 11.6 Å². The first kappa shape index (κ1) is 14.3. The fourth-order valence-electron chi connectivity index (χ4n) is 3.43. The maximum absolute atomic E-state index is 5.54. The standard InChI is InChI=1S/C15H30N2O/c1-17(2)15(9-4-3-5-10-15)13-16-14-7-6-11-18-12-8-14/h14,16H,3-13H2,1-2H3. The number of ether oxygens (including phenoxy) is 1. The fourth-order valence-corrected chi connectivity index (χ4v) is 3.43. The van der Waals surface area contributed by atoms with Gasteiger partial charge in [0, 0.05) is 31.3 Å². The summed E-state index contributed by atoms with van der Waals surface area (Å²) >= 11 is 0. The first-order valence-corrected chi connectivity index (χ1v) is 7.71. The quantitative estimate of drug-likeness (QED) is 0.834. The molecule has 3 heteroatoms. The summed E-state index contributed by atoms with van der Waals surface area (Å²) in [7, 11) is 4.51. The van der Waals surface area contributed by atoms with Gasteiger partial charge in [-0.05, 0) is 46.2 Å². The van der Waals surface area contributed by atoms with E-state index in [1.807, 2.05) is 0 Å². The van der Waals surface area contributed by atoms with Crippen LogP contribution in [0, 0.1) is 0 Å². The summed E-state index contributed by atoms with van der Waals surface area (Å²) in [5, 5.41) is 3.83. The van der Waals surface area contributed by atoms with Crippen molar-refractivity contribution in [2.45, 2.75) is 62.9 Å². The summed E-state index contributed by atoms with van der Waals surface area (Å²) in [6.07, 6.45) is 10.6. The molecule has 3 nitrogen and oxygen atoms in total. The van der Waals surface area contributed by atoms with E-state index in [0.717, 1.165) is 19.8 Å². The molecule has 1 saturated carbocycles. The van der Waals surface area contributed by atoms with E-state index < -0.39 is 0 Å². The first-order valence-electron chi connectivity index (χ1n) is 7.71. The molecule has 0 aromatic rings. The molecule has 1 heterocycles. The molecule has 106 valence electrons. The van der Waals surface area contributed by atoms with Crippen molar-refractivity contribution in [1.29, 1.82) is 0 Å². The van der Waals surface area contributed by atoms with Crippen molar-refractivity contribution in [3.8, 4) is 0 Å². The second-order valence-corrected chi connectivity index (χ2v) is 6.30. The summed E-state index contributed by atoms with van der Waals surface area (Å²) in [5.74, 6) is 0. The molecule has 0 amide bonds. The van der Waals surface area contributed by atoms with Crippen molar-refractivity contribution in [2.75, 3.05) is 33.9 Å². The van der Waals surface area contributed by atoms with E-state index in [-0.39, 0.29) is 0 Å². The van der Waals surface area contributed by atoms with Crippen LogP contribution in [0.5, 0.6) is 0 Å². The van der Waals surface area contributed by atoms with Crippen LogP contribution in [-0.4, -0.2) is 50.3 Å². The van der Waals surface area contributed by atoms with Crippen LogP contribution in [0.2, 0.25) is 0 Å². The van der Waals surface area contributed by atoms with Crippen molar-refractivity contribution >= 4 is 0 Å². The highest BCUT2D eigenvalue weighted by Gasteiger charge is 2.34. The van der Waals surface area contributed by atoms with Gasteiger partial charge in [-0.15, -0.1) is 0 Å². The van der Waals surface area contributed by atoms with Gasteiger partial charge in [-0.3, -0.25) is 0 Å². The highest BCUT2D eigenvalue weighted by Crippen LogP contribution is 2.31. The number of nitrogens with one attached hydrogen (secondary N) is 1. The third-order valence-electron chi connectivity index (χ3n) is 4.90. The van der Waals surface area contributed by atoms with Gasteiger partial charge in [-0.2, -0.15) is 0 Å². The van der Waals surface area contributed by atoms with Crippen LogP contribution in [0.3, 0.4) is 0 Å². The Bertz CT molecular complexity index is 229. The molecule has 0 aromatic carbocycles. The van der Waals surface area contributed by atoms with Gasteiger partial charge in [-0.1, -0.05) is 19.3 Å². The maximum atomic E-state index is 5.54. The topological polar surface area (TPSA) is 24.5 Å². The molecule has 1 aliphatic carbocycles. The highest BCUT2D eigenvalue weighted by atomic mass is 16.5. The van der Waals surface area contributed by atoms with Crippen LogP contribution in [-0.2, 0) is 4.74 Å². The van der Waals surface area contributed by atoms with Gasteiger partial charge in [0.05, 0.1) is 0 Å². The van der Waals surface area contributed by atoms with Crippen molar-refractivity contribution in [3.05, 3.63) is 0 Å². The van der Waals surface area contributed by atoms with Crippen LogP contribution in [0.25, 0.3) is 0 Å². The molecule has 0 aromatic heterocycles. The van der Waals surface area contributed by atoms with Gasteiger partial charge >= 0.3 is 0 Å². The minimum Gasteiger partial charge on any atom is -0.381 e. The van der Waals surface area contributed by atoms with E-state index in [4.69, 9.17) is 4.74 Å². The molecule has 0 bridgehead atoms. The molecule has 1 unspecified atom stereocenters. The zero-order valence-electron chi connectivity index (χ0n) is 12.2. The Morgan fingerprint density at radius 3 is 2.56 bits per heavy atom. The van der Waals surface area contributed by atoms with E-state index in [1.165, 1.54) is 51.4 Å². The van der Waals surface area contributed by atoms with Gasteiger partial charge < -0.3 is 15.0 Å². The van der Waals surface area contributed by atoms with Crippen LogP contribution in [0.15, 0.2) is 0 Å². The molecule has 0 radical (unpaired) electrons. The minimum atomic E-state index is 0.408. The lowest BCUT2D eigenvalue weighted by atomic mass is 9.80. The largest absolute Gasteiger partial charge is 0.381 e. The normalized spacial score (nSPS) is 29.2. The predicted octanol–water partition coefficient (Wildman–Crippen LogP) is 2.41. The predicted molar refractivity (Wildman–Crippen MR) is 76.0 cm³/mol. The van der Waals surface area contributed by atoms with Crippen molar-refractivity contribution in [2.24, 2.45) is 0 Å². The van der Waals surface area contributed by atoms with E-state index in [1.54, 1.807) is 0 Å². The summed E-state index contributed by atoms with van der Waals surface area (Å²) in [5.41, 5.74) is 0.408. The zero-order valence-corrected chi connectivity index (χ0v) is 12.2. The Labute approximate surface area is 112 Å². The van der Waals surface area contributed by atoms with Gasteiger partial charge in [0.2, 0.25) is 0 Å². The lowest BCUT2D eigenvalue weighted by Crippen LogP contribution is -2.54. The number of nitrogens with zero attached hydrogens (tertiary/aromatic N) is 1. The average Bonchev–Trinajstić information content (AvgIpc) is 2.66. The SMILES string of the molecule is CN(C)C1(CNC2CCCOCC2)CCCCC1. The second-order valence-electron chi connectivity index (χ2n) is 6.30. The molecular formula is C15H30N2O. The van der Waals surface area contributed by atoms with E-state index in [2.05, 4.69) is 24.3 Å². The highest BCUT2D eigenvalue weighted by molar-refractivity contribution is 4.93. The third-order valence-corrected chi connectivity index (χ3v) is 4.90. The lowest BCUT2D eigenvalue weighted by Gasteiger charge is -2.44. The summed E-state index contributed by atoms with van der Waals surface area (Å²) in [6.45, 7) is 3.05. The summed E-state index contributed by atoms with van der Waals surface area (Å²) < 4.78 is 5.54. The number of hydrogen-bond acceptors (Lipinski definition) is 3. The van der Waals surface area contributed by atoms with Crippen molar-refractivity contribution < 1.29 is 4.74 Å². The van der Waals surface area contributed by atoms with Crippen LogP contribution < -0.4 is 5.32 Å². The minimum absolute atomic E-state index is 0.408. The number of rotatable bonds is 4. The lowest BCUT2D eigenvalue weighted by molar-refractivity contribution is 0.0933. The molecule has 2 fully saturated rings. The Kier molecular flexibility index (Phi) is 5.46. The fraction of sp³-hybridized carbons (Fsp3) is 1.00. The van der Waals surface area contributed by atoms with Crippen molar-refractivity contribution in [3.63, 3.8) is 0 Å². The maximum Gasteiger partial charge on any atom is 0.0480 e. The van der Waals surface area contributed by atoms with E-state index >= 15 is 0 Å². The Hall–Kier alpha value is -0.120. The molecule has 1 aliphatic heterocycles. The van der Waals surface area contributed by atoms with Crippen LogP contribution in [0.1, 0.15) is 51.4 Å². The average molecular weight is 254 g/mol. The molecule has 2 rings (SSSR count). The number of hydrogen-bond donors (Lipinski definition) is 1. The molecule has 1 atom stereocenters. The second kappa shape index (κ2) is 6.88. The van der Waals surface area contributed by atoms with Gasteiger partial charge in [0.25, 0.3) is 0 Å². The molecule has 1 N–H and O–H groups in total. The number of likely N-dealkylation sites (N-methyl/N-ethyl adjacent to an activating group) is 1. The summed E-state index contributed by atoms with van der Waals surface area (Å²) in [4.78, 5) is 2.46. The molecule has 2 aliphatic rings. The zero-order chi connectivity index (χ0) is 12.8. The van der Waals surface area contributed by atoms with Gasteiger partial charge in [-0.25, -0.2) is 0 Å².